The summed E-state index contributed by atoms with van der Waals surface area (Å²) in [5.74, 6) is 1.81. The van der Waals surface area contributed by atoms with Crippen molar-refractivity contribution < 1.29 is 4.79 Å². The van der Waals surface area contributed by atoms with Gasteiger partial charge in [-0.05, 0) is 49.1 Å². The molecule has 0 spiro atoms. The fourth-order valence-corrected chi connectivity index (χ4v) is 3.71. The van der Waals surface area contributed by atoms with E-state index in [0.29, 0.717) is 18.4 Å². The Morgan fingerprint density at radius 3 is 2.67 bits per heavy atom. The van der Waals surface area contributed by atoms with Crippen molar-refractivity contribution >= 4 is 17.7 Å². The van der Waals surface area contributed by atoms with Gasteiger partial charge in [0.25, 0.3) is 0 Å². The molecule has 3 nitrogen and oxygen atoms in total. The van der Waals surface area contributed by atoms with Gasteiger partial charge in [0.1, 0.15) is 0 Å². The number of likely N-dealkylation sites (tertiary alicyclic amines) is 1. The van der Waals surface area contributed by atoms with Crippen LogP contribution in [0.3, 0.4) is 0 Å². The predicted octanol–water partition coefficient (Wildman–Crippen LogP) is 3.72. The molecule has 1 amide bonds. The first-order valence-corrected chi connectivity index (χ1v) is 10.5. The summed E-state index contributed by atoms with van der Waals surface area (Å²) < 4.78 is 0. The highest BCUT2D eigenvalue weighted by atomic mass is 32.2. The summed E-state index contributed by atoms with van der Waals surface area (Å²) in [7, 11) is 0. The molecule has 1 heterocycles. The Labute approximate surface area is 151 Å². The van der Waals surface area contributed by atoms with Crippen LogP contribution < -0.4 is 5.32 Å². The molecule has 134 valence electrons. The van der Waals surface area contributed by atoms with E-state index in [-0.39, 0.29) is 5.91 Å². The second-order valence-electron chi connectivity index (χ2n) is 7.30. The molecule has 1 aliphatic heterocycles. The van der Waals surface area contributed by atoms with Gasteiger partial charge >= 0.3 is 0 Å². The largest absolute Gasteiger partial charge is 0.352 e. The van der Waals surface area contributed by atoms with Gasteiger partial charge < -0.3 is 5.32 Å². The number of amides is 1. The molecule has 0 aromatic heterocycles. The standard InChI is InChI=1S/C20H32N2OS/c1-16(2)13-17-6-8-18(9-7-17)14-22-11-4-5-19(15-22)21-20(23)10-12-24-3/h6-9,16,19H,4-5,10-15H2,1-3H3,(H,21,23)/t19-/m1/s1. The van der Waals surface area contributed by atoms with Crippen LogP contribution in [0.15, 0.2) is 24.3 Å². The van der Waals surface area contributed by atoms with E-state index in [1.807, 2.05) is 6.26 Å². The molecule has 0 aliphatic carbocycles. The van der Waals surface area contributed by atoms with E-state index in [4.69, 9.17) is 0 Å². The molecule has 0 bridgehead atoms. The zero-order valence-electron chi connectivity index (χ0n) is 15.4. The molecular formula is C20H32N2OS. The van der Waals surface area contributed by atoms with Gasteiger partial charge in [-0.3, -0.25) is 9.69 Å². The number of carbonyl (C=O) groups excluding carboxylic acids is 1. The fourth-order valence-electron chi connectivity index (χ4n) is 3.32. The van der Waals surface area contributed by atoms with Gasteiger partial charge in [0, 0.05) is 31.3 Å². The van der Waals surface area contributed by atoms with Gasteiger partial charge in [-0.1, -0.05) is 38.1 Å². The van der Waals surface area contributed by atoms with Crippen LogP contribution >= 0.6 is 11.8 Å². The third-order valence-electron chi connectivity index (χ3n) is 4.48. The van der Waals surface area contributed by atoms with Gasteiger partial charge in [-0.2, -0.15) is 11.8 Å². The van der Waals surface area contributed by atoms with E-state index in [1.54, 1.807) is 11.8 Å². The molecule has 1 N–H and O–H groups in total. The number of piperidine rings is 1. The molecule has 0 saturated carbocycles. The highest BCUT2D eigenvalue weighted by Crippen LogP contribution is 2.16. The van der Waals surface area contributed by atoms with Crippen molar-refractivity contribution in [3.63, 3.8) is 0 Å². The first kappa shape index (κ1) is 19.3. The number of hydrogen-bond donors (Lipinski definition) is 1. The molecular weight excluding hydrogens is 316 g/mol. The average Bonchev–Trinajstić information content (AvgIpc) is 2.55. The SMILES string of the molecule is CSCCC(=O)N[C@@H]1CCCN(Cc2ccc(CC(C)C)cc2)C1. The first-order chi connectivity index (χ1) is 11.6. The highest BCUT2D eigenvalue weighted by Gasteiger charge is 2.21. The molecule has 1 aromatic carbocycles. The zero-order valence-corrected chi connectivity index (χ0v) is 16.2. The Bertz CT molecular complexity index is 501. The van der Waals surface area contributed by atoms with E-state index in [9.17, 15) is 4.79 Å². The lowest BCUT2D eigenvalue weighted by atomic mass is 10.0. The van der Waals surface area contributed by atoms with E-state index >= 15 is 0 Å². The van der Waals surface area contributed by atoms with Crippen molar-refractivity contribution in [1.29, 1.82) is 0 Å². The number of hydrogen-bond acceptors (Lipinski definition) is 3. The van der Waals surface area contributed by atoms with Crippen molar-refractivity contribution in [2.24, 2.45) is 5.92 Å². The van der Waals surface area contributed by atoms with Crippen molar-refractivity contribution in [3.8, 4) is 0 Å². The monoisotopic (exact) mass is 348 g/mol. The van der Waals surface area contributed by atoms with Crippen LogP contribution in [0.1, 0.15) is 44.2 Å². The summed E-state index contributed by atoms with van der Waals surface area (Å²) in [6, 6.07) is 9.37. The van der Waals surface area contributed by atoms with Crippen LogP contribution in [0.2, 0.25) is 0 Å². The highest BCUT2D eigenvalue weighted by molar-refractivity contribution is 7.98. The third-order valence-corrected chi connectivity index (χ3v) is 5.09. The van der Waals surface area contributed by atoms with Crippen LogP contribution in [0.5, 0.6) is 0 Å². The number of thioether (sulfide) groups is 1. The lowest BCUT2D eigenvalue weighted by Gasteiger charge is -2.33. The smallest absolute Gasteiger partial charge is 0.221 e. The minimum absolute atomic E-state index is 0.203. The van der Waals surface area contributed by atoms with Crippen LogP contribution in [0.4, 0.5) is 0 Å². The van der Waals surface area contributed by atoms with E-state index < -0.39 is 0 Å². The lowest BCUT2D eigenvalue weighted by Crippen LogP contribution is -2.47. The van der Waals surface area contributed by atoms with Crippen LogP contribution in [0.25, 0.3) is 0 Å². The summed E-state index contributed by atoms with van der Waals surface area (Å²) >= 11 is 1.73. The van der Waals surface area contributed by atoms with Crippen LogP contribution in [0, 0.1) is 5.92 Å². The number of nitrogens with zero attached hydrogens (tertiary/aromatic N) is 1. The quantitative estimate of drug-likeness (QED) is 0.777. The maximum atomic E-state index is 11.9. The maximum absolute atomic E-state index is 11.9. The molecule has 24 heavy (non-hydrogen) atoms. The van der Waals surface area contributed by atoms with Gasteiger partial charge in [0.15, 0.2) is 0 Å². The van der Waals surface area contributed by atoms with E-state index in [1.165, 1.54) is 17.5 Å². The molecule has 0 radical (unpaired) electrons. The molecule has 1 saturated heterocycles. The fraction of sp³-hybridized carbons (Fsp3) is 0.650. The minimum Gasteiger partial charge on any atom is -0.352 e. The Kier molecular flexibility index (Phi) is 8.13. The average molecular weight is 349 g/mol. The molecule has 1 atom stereocenters. The van der Waals surface area contributed by atoms with Crippen molar-refractivity contribution in [2.75, 3.05) is 25.1 Å². The molecule has 1 aromatic rings. The summed E-state index contributed by atoms with van der Waals surface area (Å²) in [5.41, 5.74) is 2.79. The second kappa shape index (κ2) is 10.1. The summed E-state index contributed by atoms with van der Waals surface area (Å²) in [6.07, 6.45) is 6.10. The van der Waals surface area contributed by atoms with Gasteiger partial charge in [-0.15, -0.1) is 0 Å². The second-order valence-corrected chi connectivity index (χ2v) is 8.28. The number of nitrogens with one attached hydrogen (secondary N) is 1. The Hall–Kier alpha value is -1.00. The molecule has 2 rings (SSSR count). The number of carbonyl (C=O) groups is 1. The van der Waals surface area contributed by atoms with E-state index in [0.717, 1.165) is 38.2 Å². The minimum atomic E-state index is 0.203. The maximum Gasteiger partial charge on any atom is 0.221 e. The Morgan fingerprint density at radius 2 is 2.00 bits per heavy atom. The van der Waals surface area contributed by atoms with Gasteiger partial charge in [0.2, 0.25) is 5.91 Å². The van der Waals surface area contributed by atoms with Crippen LogP contribution in [-0.2, 0) is 17.8 Å². The molecule has 1 aliphatic rings. The van der Waals surface area contributed by atoms with Gasteiger partial charge in [-0.25, -0.2) is 0 Å². The Morgan fingerprint density at radius 1 is 1.29 bits per heavy atom. The Balaban J connectivity index is 1.80. The molecule has 1 fully saturated rings. The number of benzene rings is 1. The predicted molar refractivity (Wildman–Crippen MR) is 104 cm³/mol. The summed E-state index contributed by atoms with van der Waals surface area (Å²) in [5, 5.41) is 3.21. The number of rotatable bonds is 8. The zero-order chi connectivity index (χ0) is 17.4. The topological polar surface area (TPSA) is 32.3 Å². The summed E-state index contributed by atoms with van der Waals surface area (Å²) in [4.78, 5) is 14.4. The lowest BCUT2D eigenvalue weighted by molar-refractivity contribution is -0.121. The van der Waals surface area contributed by atoms with Crippen molar-refractivity contribution in [3.05, 3.63) is 35.4 Å². The van der Waals surface area contributed by atoms with Crippen LogP contribution in [-0.4, -0.2) is 41.9 Å². The first-order valence-electron chi connectivity index (χ1n) is 9.15. The normalized spacial score (nSPS) is 18.8. The van der Waals surface area contributed by atoms with Crippen molar-refractivity contribution in [2.45, 2.75) is 52.1 Å². The molecule has 4 heteroatoms. The molecule has 0 unspecified atom stereocenters. The third kappa shape index (κ3) is 6.86. The van der Waals surface area contributed by atoms with Crippen molar-refractivity contribution in [1.82, 2.24) is 10.2 Å². The van der Waals surface area contributed by atoms with Gasteiger partial charge in [0.05, 0.1) is 0 Å². The summed E-state index contributed by atoms with van der Waals surface area (Å²) in [6.45, 7) is 7.60. The van der Waals surface area contributed by atoms with E-state index in [2.05, 4.69) is 48.3 Å².